The lowest BCUT2D eigenvalue weighted by atomic mass is 10.1. The van der Waals surface area contributed by atoms with Crippen LogP contribution in [0.5, 0.6) is 0 Å². The average molecular weight is 230 g/mol. The van der Waals surface area contributed by atoms with Crippen molar-refractivity contribution in [3.8, 4) is 0 Å². The van der Waals surface area contributed by atoms with Crippen LogP contribution in [0.3, 0.4) is 0 Å². The Morgan fingerprint density at radius 2 is 1.62 bits per heavy atom. The summed E-state index contributed by atoms with van der Waals surface area (Å²) < 4.78 is 12.3. The van der Waals surface area contributed by atoms with Gasteiger partial charge in [0.05, 0.1) is 6.67 Å². The van der Waals surface area contributed by atoms with Gasteiger partial charge >= 0.3 is 0 Å². The van der Waals surface area contributed by atoms with E-state index in [1.54, 1.807) is 0 Å². The highest BCUT2D eigenvalue weighted by Gasteiger charge is 2.19. The summed E-state index contributed by atoms with van der Waals surface area (Å²) in [5.41, 5.74) is 5.57. The van der Waals surface area contributed by atoms with Crippen LogP contribution >= 0.6 is 0 Å². The standard InChI is InChI=1S/C13H27FN2/c14-9-5-11-16(12-6-10-15)13-7-3-1-2-4-8-13/h13H,1-12,15H2. The first kappa shape index (κ1) is 13.9. The van der Waals surface area contributed by atoms with E-state index in [-0.39, 0.29) is 6.67 Å². The maximum absolute atomic E-state index is 12.3. The first-order valence-corrected chi connectivity index (χ1v) is 6.88. The molecule has 0 spiro atoms. The van der Waals surface area contributed by atoms with E-state index < -0.39 is 0 Å². The monoisotopic (exact) mass is 230 g/mol. The number of nitrogens with zero attached hydrogens (tertiary/aromatic N) is 1. The molecule has 0 radical (unpaired) electrons. The second kappa shape index (κ2) is 8.94. The van der Waals surface area contributed by atoms with Crippen molar-refractivity contribution in [1.29, 1.82) is 0 Å². The number of rotatable bonds is 7. The van der Waals surface area contributed by atoms with Crippen LogP contribution in [0.15, 0.2) is 0 Å². The van der Waals surface area contributed by atoms with Crippen LogP contribution in [0.2, 0.25) is 0 Å². The van der Waals surface area contributed by atoms with Gasteiger partial charge in [-0.1, -0.05) is 25.7 Å². The van der Waals surface area contributed by atoms with E-state index in [1.807, 2.05) is 0 Å². The van der Waals surface area contributed by atoms with Crippen LogP contribution in [-0.2, 0) is 0 Å². The van der Waals surface area contributed by atoms with Gasteiger partial charge in [-0.3, -0.25) is 4.39 Å². The highest BCUT2D eigenvalue weighted by molar-refractivity contribution is 4.74. The lowest BCUT2D eigenvalue weighted by molar-refractivity contribution is 0.170. The van der Waals surface area contributed by atoms with Crippen LogP contribution in [0.4, 0.5) is 4.39 Å². The number of nitrogens with two attached hydrogens (primary N) is 1. The Morgan fingerprint density at radius 3 is 2.19 bits per heavy atom. The molecule has 1 aliphatic carbocycles. The maximum atomic E-state index is 12.3. The van der Waals surface area contributed by atoms with E-state index in [0.717, 1.165) is 26.1 Å². The minimum absolute atomic E-state index is 0.189. The summed E-state index contributed by atoms with van der Waals surface area (Å²) in [6.45, 7) is 2.53. The predicted molar refractivity (Wildman–Crippen MR) is 67.3 cm³/mol. The molecule has 0 unspecified atom stereocenters. The first-order valence-electron chi connectivity index (χ1n) is 6.88. The zero-order valence-corrected chi connectivity index (χ0v) is 10.5. The van der Waals surface area contributed by atoms with Gasteiger partial charge < -0.3 is 10.6 Å². The molecule has 1 fully saturated rings. The molecule has 2 N–H and O–H groups in total. The van der Waals surface area contributed by atoms with Gasteiger partial charge in [0.2, 0.25) is 0 Å². The Kier molecular flexibility index (Phi) is 7.77. The first-order chi connectivity index (χ1) is 7.88. The zero-order chi connectivity index (χ0) is 11.6. The topological polar surface area (TPSA) is 29.3 Å². The van der Waals surface area contributed by atoms with Crippen molar-refractivity contribution in [2.75, 3.05) is 26.3 Å². The maximum Gasteiger partial charge on any atom is 0.0906 e. The Balaban J connectivity index is 2.37. The second-order valence-electron chi connectivity index (χ2n) is 4.87. The third kappa shape index (κ3) is 5.26. The predicted octanol–water partition coefficient (Wildman–Crippen LogP) is 2.72. The SMILES string of the molecule is NCCCN(CCCF)C1CCCCCC1. The molecule has 0 aromatic carbocycles. The largest absolute Gasteiger partial charge is 0.330 e. The number of hydrogen-bond acceptors (Lipinski definition) is 2. The molecule has 0 saturated heterocycles. The minimum atomic E-state index is -0.189. The number of alkyl halides is 1. The summed E-state index contributed by atoms with van der Waals surface area (Å²) in [7, 11) is 0. The summed E-state index contributed by atoms with van der Waals surface area (Å²) in [4.78, 5) is 2.48. The van der Waals surface area contributed by atoms with Crippen molar-refractivity contribution in [2.45, 2.75) is 57.4 Å². The van der Waals surface area contributed by atoms with E-state index in [4.69, 9.17) is 5.73 Å². The number of halogens is 1. The molecule has 0 aromatic rings. The Morgan fingerprint density at radius 1 is 1.00 bits per heavy atom. The van der Waals surface area contributed by atoms with Crippen LogP contribution in [0, 0.1) is 0 Å². The fourth-order valence-corrected chi connectivity index (χ4v) is 2.66. The molecular weight excluding hydrogens is 203 g/mol. The van der Waals surface area contributed by atoms with Crippen molar-refractivity contribution in [3.63, 3.8) is 0 Å². The number of hydrogen-bond donors (Lipinski definition) is 1. The molecule has 0 atom stereocenters. The molecule has 1 rings (SSSR count). The molecule has 16 heavy (non-hydrogen) atoms. The summed E-state index contributed by atoms with van der Waals surface area (Å²) in [5, 5.41) is 0. The van der Waals surface area contributed by atoms with Crippen LogP contribution in [-0.4, -0.2) is 37.3 Å². The summed E-state index contributed by atoms with van der Waals surface area (Å²) >= 11 is 0. The van der Waals surface area contributed by atoms with Gasteiger partial charge in [-0.2, -0.15) is 0 Å². The van der Waals surface area contributed by atoms with Gasteiger partial charge in [0.25, 0.3) is 0 Å². The lowest BCUT2D eigenvalue weighted by Gasteiger charge is -2.30. The Hall–Kier alpha value is -0.150. The summed E-state index contributed by atoms with van der Waals surface area (Å²) in [5.74, 6) is 0. The van der Waals surface area contributed by atoms with Crippen molar-refractivity contribution in [2.24, 2.45) is 5.73 Å². The molecule has 96 valence electrons. The minimum Gasteiger partial charge on any atom is -0.330 e. The van der Waals surface area contributed by atoms with Gasteiger partial charge in [-0.05, 0) is 38.8 Å². The third-order valence-electron chi connectivity index (χ3n) is 3.57. The molecule has 2 nitrogen and oxygen atoms in total. The van der Waals surface area contributed by atoms with E-state index in [9.17, 15) is 4.39 Å². The third-order valence-corrected chi connectivity index (χ3v) is 3.57. The molecule has 1 saturated carbocycles. The quantitative estimate of drug-likeness (QED) is 0.681. The van der Waals surface area contributed by atoms with Crippen LogP contribution < -0.4 is 5.73 Å². The van der Waals surface area contributed by atoms with E-state index in [0.29, 0.717) is 12.5 Å². The molecule has 0 aliphatic heterocycles. The lowest BCUT2D eigenvalue weighted by Crippen LogP contribution is -2.37. The van der Waals surface area contributed by atoms with Crippen molar-refractivity contribution >= 4 is 0 Å². The molecule has 0 amide bonds. The van der Waals surface area contributed by atoms with Crippen LogP contribution in [0.25, 0.3) is 0 Å². The molecule has 0 bridgehead atoms. The molecule has 0 heterocycles. The molecule has 3 heteroatoms. The van der Waals surface area contributed by atoms with E-state index >= 15 is 0 Å². The van der Waals surface area contributed by atoms with Crippen LogP contribution in [0.1, 0.15) is 51.4 Å². The molecular formula is C13H27FN2. The van der Waals surface area contributed by atoms with Gasteiger partial charge in [0.15, 0.2) is 0 Å². The van der Waals surface area contributed by atoms with Gasteiger partial charge in [0.1, 0.15) is 0 Å². The highest BCUT2D eigenvalue weighted by atomic mass is 19.1. The normalized spacial score (nSPS) is 18.9. The van der Waals surface area contributed by atoms with Crippen molar-refractivity contribution in [3.05, 3.63) is 0 Å². The van der Waals surface area contributed by atoms with Gasteiger partial charge in [-0.25, -0.2) is 0 Å². The van der Waals surface area contributed by atoms with E-state index in [1.165, 1.54) is 38.5 Å². The fourth-order valence-electron chi connectivity index (χ4n) is 2.66. The Labute approximate surface area is 99.4 Å². The molecule has 1 aliphatic rings. The summed E-state index contributed by atoms with van der Waals surface area (Å²) in [6, 6.07) is 0.695. The molecule has 0 aromatic heterocycles. The van der Waals surface area contributed by atoms with E-state index in [2.05, 4.69) is 4.90 Å². The van der Waals surface area contributed by atoms with Crippen molar-refractivity contribution < 1.29 is 4.39 Å². The van der Waals surface area contributed by atoms with Crippen molar-refractivity contribution in [1.82, 2.24) is 4.90 Å². The Bertz CT molecular complexity index is 148. The summed E-state index contributed by atoms with van der Waals surface area (Å²) in [6.07, 6.45) is 9.78. The second-order valence-corrected chi connectivity index (χ2v) is 4.87. The fraction of sp³-hybridized carbons (Fsp3) is 1.00. The zero-order valence-electron chi connectivity index (χ0n) is 10.5. The van der Waals surface area contributed by atoms with Gasteiger partial charge in [0, 0.05) is 12.6 Å². The smallest absolute Gasteiger partial charge is 0.0906 e. The highest BCUT2D eigenvalue weighted by Crippen LogP contribution is 2.22. The average Bonchev–Trinajstić information content (AvgIpc) is 2.58. The van der Waals surface area contributed by atoms with Gasteiger partial charge in [-0.15, -0.1) is 0 Å².